The summed E-state index contributed by atoms with van der Waals surface area (Å²) in [6.07, 6.45) is 3.12. The lowest BCUT2D eigenvalue weighted by atomic mass is 10.4. The van der Waals surface area contributed by atoms with E-state index < -0.39 is 0 Å². The lowest BCUT2D eigenvalue weighted by molar-refractivity contribution is -0.134. The van der Waals surface area contributed by atoms with Crippen LogP contribution < -0.4 is 0 Å². The molecule has 0 saturated carbocycles. The number of ether oxygens (including phenoxy) is 1. The maximum Gasteiger partial charge on any atom is 0.330 e. The molecule has 0 saturated heterocycles. The third kappa shape index (κ3) is 2.79. The molecule has 2 nitrogen and oxygen atoms in total. The van der Waals surface area contributed by atoms with Crippen molar-refractivity contribution >= 4 is 39.3 Å². The molecule has 4 heteroatoms. The Labute approximate surface area is 83.0 Å². The molecule has 64 valence electrons. The zero-order chi connectivity index (χ0) is 8.97. The molecule has 0 radical (unpaired) electrons. The number of rotatable bonds is 2. The zero-order valence-corrected chi connectivity index (χ0v) is 8.81. The van der Waals surface area contributed by atoms with Crippen LogP contribution in [0.2, 0.25) is 0 Å². The normalized spacial score (nSPS) is 10.5. The summed E-state index contributed by atoms with van der Waals surface area (Å²) in [5.74, 6) is -0.334. The quantitative estimate of drug-likeness (QED) is 0.593. The number of esters is 1. The third-order valence-corrected chi connectivity index (χ3v) is 2.77. The largest absolute Gasteiger partial charge is 0.466 e. The Bertz CT molecular complexity index is 304. The number of hydrogen-bond acceptors (Lipinski definition) is 3. The molecule has 0 amide bonds. The van der Waals surface area contributed by atoms with Crippen molar-refractivity contribution < 1.29 is 9.53 Å². The summed E-state index contributed by atoms with van der Waals surface area (Å²) < 4.78 is 5.49. The van der Waals surface area contributed by atoms with Gasteiger partial charge in [-0.1, -0.05) is 0 Å². The van der Waals surface area contributed by atoms with E-state index in [1.54, 1.807) is 17.4 Å². The van der Waals surface area contributed by atoms with Gasteiger partial charge in [0.2, 0.25) is 0 Å². The van der Waals surface area contributed by atoms with Gasteiger partial charge in [0.05, 0.1) is 10.9 Å². The van der Waals surface area contributed by atoms with Crippen molar-refractivity contribution in [2.24, 2.45) is 0 Å². The highest BCUT2D eigenvalue weighted by Crippen LogP contribution is 2.22. The second-order valence-electron chi connectivity index (χ2n) is 2.00. The standard InChI is InChI=1S/C8H7BrO2S/c1-11-8(10)5-3-6-2-4-7(9)12-6/h2-5H,1H3. The minimum atomic E-state index is -0.334. The first-order valence-corrected chi connectivity index (χ1v) is 4.84. The van der Waals surface area contributed by atoms with Crippen LogP contribution in [0.4, 0.5) is 0 Å². The fraction of sp³-hybridized carbons (Fsp3) is 0.125. The predicted molar refractivity (Wildman–Crippen MR) is 53.1 cm³/mol. The van der Waals surface area contributed by atoms with E-state index in [1.165, 1.54) is 13.2 Å². The van der Waals surface area contributed by atoms with Crippen LogP contribution in [0.15, 0.2) is 22.0 Å². The van der Waals surface area contributed by atoms with Gasteiger partial charge >= 0.3 is 5.97 Å². The van der Waals surface area contributed by atoms with Gasteiger partial charge in [-0.15, -0.1) is 11.3 Å². The molecule has 1 heterocycles. The molecule has 0 atom stereocenters. The Hall–Kier alpha value is -0.610. The van der Waals surface area contributed by atoms with Gasteiger partial charge in [0, 0.05) is 11.0 Å². The fourth-order valence-electron chi connectivity index (χ4n) is 0.636. The Morgan fingerprint density at radius 3 is 2.92 bits per heavy atom. The van der Waals surface area contributed by atoms with Crippen molar-refractivity contribution in [3.8, 4) is 0 Å². The van der Waals surface area contributed by atoms with E-state index in [-0.39, 0.29) is 5.97 Å². The molecule has 0 aliphatic rings. The van der Waals surface area contributed by atoms with Crippen LogP contribution in [0.1, 0.15) is 4.88 Å². The van der Waals surface area contributed by atoms with E-state index in [2.05, 4.69) is 20.7 Å². The highest BCUT2D eigenvalue weighted by atomic mass is 79.9. The first-order chi connectivity index (χ1) is 5.72. The van der Waals surface area contributed by atoms with E-state index >= 15 is 0 Å². The summed E-state index contributed by atoms with van der Waals surface area (Å²) in [5, 5.41) is 0. The Kier molecular flexibility index (Phi) is 3.49. The van der Waals surface area contributed by atoms with Crippen molar-refractivity contribution in [2.45, 2.75) is 0 Å². The van der Waals surface area contributed by atoms with Crippen molar-refractivity contribution in [2.75, 3.05) is 7.11 Å². The number of hydrogen-bond donors (Lipinski definition) is 0. The van der Waals surface area contributed by atoms with Crippen molar-refractivity contribution in [1.29, 1.82) is 0 Å². The monoisotopic (exact) mass is 246 g/mol. The molecular weight excluding hydrogens is 240 g/mol. The van der Waals surface area contributed by atoms with E-state index in [0.717, 1.165) is 8.66 Å². The molecular formula is C8H7BrO2S. The lowest BCUT2D eigenvalue weighted by Crippen LogP contribution is -1.92. The summed E-state index contributed by atoms with van der Waals surface area (Å²) in [4.78, 5) is 11.7. The predicted octanol–water partition coefficient (Wildman–Crippen LogP) is 2.70. The van der Waals surface area contributed by atoms with Crippen molar-refractivity contribution in [1.82, 2.24) is 0 Å². The highest BCUT2D eigenvalue weighted by Gasteiger charge is 1.94. The average molecular weight is 247 g/mol. The van der Waals surface area contributed by atoms with Crippen molar-refractivity contribution in [3.63, 3.8) is 0 Å². The lowest BCUT2D eigenvalue weighted by Gasteiger charge is -1.87. The highest BCUT2D eigenvalue weighted by molar-refractivity contribution is 9.11. The van der Waals surface area contributed by atoms with Crippen LogP contribution in [0.25, 0.3) is 6.08 Å². The van der Waals surface area contributed by atoms with Gasteiger partial charge in [-0.3, -0.25) is 0 Å². The number of carbonyl (C=O) groups is 1. The van der Waals surface area contributed by atoms with E-state index in [4.69, 9.17) is 0 Å². The molecule has 12 heavy (non-hydrogen) atoms. The summed E-state index contributed by atoms with van der Waals surface area (Å²) in [7, 11) is 1.36. The van der Waals surface area contributed by atoms with Gasteiger partial charge in [0.1, 0.15) is 0 Å². The Morgan fingerprint density at radius 2 is 2.42 bits per heavy atom. The van der Waals surface area contributed by atoms with Gasteiger partial charge in [-0.25, -0.2) is 4.79 Å². The number of halogens is 1. The Balaban J connectivity index is 2.63. The van der Waals surface area contributed by atoms with Gasteiger partial charge in [-0.05, 0) is 34.1 Å². The first kappa shape index (κ1) is 9.48. The number of methoxy groups -OCH3 is 1. The molecule has 0 aliphatic carbocycles. The Morgan fingerprint density at radius 1 is 1.67 bits per heavy atom. The zero-order valence-electron chi connectivity index (χ0n) is 6.41. The van der Waals surface area contributed by atoms with Gasteiger partial charge in [0.15, 0.2) is 0 Å². The molecule has 0 aliphatic heterocycles. The summed E-state index contributed by atoms with van der Waals surface area (Å²) in [6.45, 7) is 0. The third-order valence-electron chi connectivity index (χ3n) is 1.18. The summed E-state index contributed by atoms with van der Waals surface area (Å²) >= 11 is 4.89. The van der Waals surface area contributed by atoms with Crippen LogP contribution >= 0.6 is 27.3 Å². The van der Waals surface area contributed by atoms with Gasteiger partial charge in [-0.2, -0.15) is 0 Å². The molecule has 0 N–H and O–H groups in total. The van der Waals surface area contributed by atoms with E-state index in [9.17, 15) is 4.79 Å². The molecule has 0 unspecified atom stereocenters. The molecule has 0 spiro atoms. The first-order valence-electron chi connectivity index (χ1n) is 3.24. The SMILES string of the molecule is COC(=O)C=Cc1ccc(Br)s1. The molecule has 0 fully saturated rings. The summed E-state index contributed by atoms with van der Waals surface area (Å²) in [6, 6.07) is 3.86. The minimum Gasteiger partial charge on any atom is -0.466 e. The molecule has 1 aromatic heterocycles. The van der Waals surface area contributed by atoms with Crippen LogP contribution in [0.3, 0.4) is 0 Å². The maximum absolute atomic E-state index is 10.7. The van der Waals surface area contributed by atoms with Crippen LogP contribution in [-0.2, 0) is 9.53 Å². The van der Waals surface area contributed by atoms with Gasteiger partial charge in [0.25, 0.3) is 0 Å². The van der Waals surface area contributed by atoms with Crippen LogP contribution in [0, 0.1) is 0 Å². The summed E-state index contributed by atoms with van der Waals surface area (Å²) in [5.41, 5.74) is 0. The molecule has 1 aromatic rings. The number of carbonyl (C=O) groups excluding carboxylic acids is 1. The maximum atomic E-state index is 10.7. The minimum absolute atomic E-state index is 0.334. The average Bonchev–Trinajstić information content (AvgIpc) is 2.47. The molecule has 0 bridgehead atoms. The van der Waals surface area contributed by atoms with Crippen molar-refractivity contribution in [3.05, 3.63) is 26.9 Å². The van der Waals surface area contributed by atoms with Crippen LogP contribution in [-0.4, -0.2) is 13.1 Å². The van der Waals surface area contributed by atoms with E-state index in [1.807, 2.05) is 12.1 Å². The van der Waals surface area contributed by atoms with Gasteiger partial charge < -0.3 is 4.74 Å². The smallest absolute Gasteiger partial charge is 0.330 e. The topological polar surface area (TPSA) is 26.3 Å². The second-order valence-corrected chi connectivity index (χ2v) is 4.49. The van der Waals surface area contributed by atoms with Crippen LogP contribution in [0.5, 0.6) is 0 Å². The molecule has 1 rings (SSSR count). The van der Waals surface area contributed by atoms with E-state index in [0.29, 0.717) is 0 Å². The second kappa shape index (κ2) is 4.42. The molecule has 0 aromatic carbocycles. The fourth-order valence-corrected chi connectivity index (χ4v) is 1.96. The number of thiophene rings is 1.